The van der Waals surface area contributed by atoms with Crippen LogP contribution in [-0.2, 0) is 14.8 Å². The van der Waals surface area contributed by atoms with Gasteiger partial charge in [-0.3, -0.25) is 4.79 Å². The quantitative estimate of drug-likeness (QED) is 0.798. The summed E-state index contributed by atoms with van der Waals surface area (Å²) < 4.78 is 30.9. The van der Waals surface area contributed by atoms with Crippen LogP contribution in [-0.4, -0.2) is 57.2 Å². The molecule has 1 aliphatic heterocycles. The number of carbonyl (C=O) groups is 1. The van der Waals surface area contributed by atoms with Crippen LogP contribution in [0.25, 0.3) is 0 Å². The van der Waals surface area contributed by atoms with Crippen molar-refractivity contribution in [3.05, 3.63) is 35.4 Å². The van der Waals surface area contributed by atoms with Crippen molar-refractivity contribution in [1.29, 1.82) is 0 Å². The zero-order valence-electron chi connectivity index (χ0n) is 15.2. The first-order valence-electron chi connectivity index (χ1n) is 8.71. The maximum absolute atomic E-state index is 12.2. The van der Waals surface area contributed by atoms with Gasteiger partial charge >= 0.3 is 0 Å². The number of nitrogens with zero attached hydrogens (tertiary/aromatic N) is 1. The fraction of sp³-hybridized carbons (Fsp3) is 0.611. The lowest BCUT2D eigenvalue weighted by atomic mass is 10.0. The Morgan fingerprint density at radius 1 is 1.24 bits per heavy atom. The lowest BCUT2D eigenvalue weighted by molar-refractivity contribution is 0.0585. The van der Waals surface area contributed by atoms with E-state index in [1.807, 2.05) is 12.1 Å². The summed E-state index contributed by atoms with van der Waals surface area (Å²) in [5.41, 5.74) is 1.76. The molecule has 1 aromatic rings. The van der Waals surface area contributed by atoms with E-state index in [1.54, 1.807) is 12.1 Å². The first-order chi connectivity index (χ1) is 11.8. The number of hydrogen-bond acceptors (Lipinski definition) is 4. The van der Waals surface area contributed by atoms with Crippen LogP contribution in [0.3, 0.4) is 0 Å². The van der Waals surface area contributed by atoms with Gasteiger partial charge in [-0.25, -0.2) is 8.42 Å². The molecule has 6 nitrogen and oxygen atoms in total. The van der Waals surface area contributed by atoms with Gasteiger partial charge in [-0.2, -0.15) is 4.31 Å². The van der Waals surface area contributed by atoms with Crippen LogP contribution < -0.4 is 5.32 Å². The number of amides is 1. The molecule has 1 aromatic carbocycles. The second-order valence-electron chi connectivity index (χ2n) is 6.75. The van der Waals surface area contributed by atoms with Crippen LogP contribution in [0, 0.1) is 0 Å². The third kappa shape index (κ3) is 5.80. The summed E-state index contributed by atoms with van der Waals surface area (Å²) in [7, 11) is -3.32. The predicted molar refractivity (Wildman–Crippen MR) is 98.3 cm³/mol. The summed E-state index contributed by atoms with van der Waals surface area (Å²) >= 11 is 0. The Labute approximate surface area is 150 Å². The SMILES string of the molecule is CC(C)c1ccc(C(=O)NCCN(C2CCOCC2)S(C)(=O)=O)cc1. The van der Waals surface area contributed by atoms with Crippen LogP contribution >= 0.6 is 0 Å². The smallest absolute Gasteiger partial charge is 0.251 e. The third-order valence-electron chi connectivity index (χ3n) is 4.48. The van der Waals surface area contributed by atoms with Gasteiger partial charge in [-0.1, -0.05) is 26.0 Å². The van der Waals surface area contributed by atoms with Gasteiger partial charge in [-0.15, -0.1) is 0 Å². The van der Waals surface area contributed by atoms with Crippen LogP contribution in [0.5, 0.6) is 0 Å². The molecule has 0 radical (unpaired) electrons. The van der Waals surface area contributed by atoms with E-state index in [0.717, 1.165) is 0 Å². The average Bonchev–Trinajstić information content (AvgIpc) is 2.58. The van der Waals surface area contributed by atoms with E-state index in [0.29, 0.717) is 37.5 Å². The largest absolute Gasteiger partial charge is 0.381 e. The second-order valence-corrected chi connectivity index (χ2v) is 8.68. The number of ether oxygens (including phenoxy) is 1. The molecular formula is C18H28N2O4S. The van der Waals surface area contributed by atoms with E-state index in [4.69, 9.17) is 4.74 Å². The Balaban J connectivity index is 1.91. The first-order valence-corrected chi connectivity index (χ1v) is 10.6. The number of nitrogens with one attached hydrogen (secondary N) is 1. The van der Waals surface area contributed by atoms with Crippen molar-refractivity contribution in [2.24, 2.45) is 0 Å². The third-order valence-corrected chi connectivity index (χ3v) is 5.81. The highest BCUT2D eigenvalue weighted by molar-refractivity contribution is 7.88. The van der Waals surface area contributed by atoms with Crippen LogP contribution in [0.1, 0.15) is 48.5 Å². The van der Waals surface area contributed by atoms with E-state index in [1.165, 1.54) is 16.1 Å². The van der Waals surface area contributed by atoms with E-state index < -0.39 is 10.0 Å². The fourth-order valence-electron chi connectivity index (χ4n) is 2.99. The molecule has 0 aliphatic carbocycles. The van der Waals surface area contributed by atoms with Gasteiger partial charge in [0.1, 0.15) is 0 Å². The van der Waals surface area contributed by atoms with E-state index in [2.05, 4.69) is 19.2 Å². The van der Waals surface area contributed by atoms with Gasteiger partial charge < -0.3 is 10.1 Å². The molecule has 1 heterocycles. The van der Waals surface area contributed by atoms with Gasteiger partial charge in [0.05, 0.1) is 6.26 Å². The molecular weight excluding hydrogens is 340 g/mol. The van der Waals surface area contributed by atoms with Crippen molar-refractivity contribution in [3.63, 3.8) is 0 Å². The monoisotopic (exact) mass is 368 g/mol. The topological polar surface area (TPSA) is 75.7 Å². The number of hydrogen-bond donors (Lipinski definition) is 1. The molecule has 1 amide bonds. The summed E-state index contributed by atoms with van der Waals surface area (Å²) in [6, 6.07) is 7.45. The van der Waals surface area contributed by atoms with Crippen molar-refractivity contribution in [1.82, 2.24) is 9.62 Å². The molecule has 1 aliphatic rings. The van der Waals surface area contributed by atoms with E-state index in [-0.39, 0.29) is 25.0 Å². The van der Waals surface area contributed by atoms with Crippen LogP contribution in [0.15, 0.2) is 24.3 Å². The highest BCUT2D eigenvalue weighted by atomic mass is 32.2. The Morgan fingerprint density at radius 3 is 2.36 bits per heavy atom. The van der Waals surface area contributed by atoms with E-state index >= 15 is 0 Å². The van der Waals surface area contributed by atoms with Gasteiger partial charge in [0.25, 0.3) is 5.91 Å². The average molecular weight is 368 g/mol. The summed E-state index contributed by atoms with van der Waals surface area (Å²) in [5.74, 6) is 0.232. The Kier molecular flexibility index (Phi) is 6.98. The summed E-state index contributed by atoms with van der Waals surface area (Å²) in [6.45, 7) is 5.92. The summed E-state index contributed by atoms with van der Waals surface area (Å²) in [6.07, 6.45) is 2.60. The lowest BCUT2D eigenvalue weighted by Crippen LogP contribution is -2.46. The van der Waals surface area contributed by atoms with Gasteiger partial charge in [0.15, 0.2) is 0 Å². The Bertz CT molecular complexity index is 665. The summed E-state index contributed by atoms with van der Waals surface area (Å²) in [5, 5.41) is 2.81. The van der Waals surface area contributed by atoms with Gasteiger partial charge in [0.2, 0.25) is 10.0 Å². The molecule has 1 saturated heterocycles. The number of benzene rings is 1. The first kappa shape index (κ1) is 19.9. The number of sulfonamides is 1. The fourth-order valence-corrected chi connectivity index (χ4v) is 4.17. The standard InChI is InChI=1S/C18H28N2O4S/c1-14(2)15-4-6-16(7-5-15)18(21)19-10-11-20(25(3,22)23)17-8-12-24-13-9-17/h4-7,14,17H,8-13H2,1-3H3,(H,19,21). The van der Waals surface area contributed by atoms with Gasteiger partial charge in [0, 0.05) is 37.9 Å². The molecule has 0 spiro atoms. The van der Waals surface area contributed by atoms with Gasteiger partial charge in [-0.05, 0) is 36.5 Å². The molecule has 1 N–H and O–H groups in total. The molecule has 0 bridgehead atoms. The molecule has 0 atom stereocenters. The van der Waals surface area contributed by atoms with Crippen molar-refractivity contribution in [2.45, 2.75) is 38.6 Å². The zero-order chi connectivity index (χ0) is 18.4. The van der Waals surface area contributed by atoms with Crippen molar-refractivity contribution in [3.8, 4) is 0 Å². The number of carbonyl (C=O) groups excluding carboxylic acids is 1. The molecule has 0 saturated carbocycles. The highest BCUT2D eigenvalue weighted by Crippen LogP contribution is 2.17. The molecule has 1 fully saturated rings. The molecule has 0 unspecified atom stereocenters. The highest BCUT2D eigenvalue weighted by Gasteiger charge is 2.28. The van der Waals surface area contributed by atoms with Crippen LogP contribution in [0.4, 0.5) is 0 Å². The van der Waals surface area contributed by atoms with E-state index in [9.17, 15) is 13.2 Å². The van der Waals surface area contributed by atoms with Crippen molar-refractivity contribution < 1.29 is 17.9 Å². The molecule has 140 valence electrons. The second kappa shape index (κ2) is 8.78. The minimum atomic E-state index is -3.32. The van der Waals surface area contributed by atoms with Crippen molar-refractivity contribution in [2.75, 3.05) is 32.6 Å². The molecule has 2 rings (SSSR count). The van der Waals surface area contributed by atoms with Crippen LogP contribution in [0.2, 0.25) is 0 Å². The Morgan fingerprint density at radius 2 is 1.84 bits per heavy atom. The van der Waals surface area contributed by atoms with Crippen molar-refractivity contribution >= 4 is 15.9 Å². The predicted octanol–water partition coefficient (Wildman–Crippen LogP) is 1.98. The normalized spacial score (nSPS) is 16.4. The molecule has 0 aromatic heterocycles. The molecule has 25 heavy (non-hydrogen) atoms. The minimum absolute atomic E-state index is 0.0500. The maximum atomic E-state index is 12.2. The zero-order valence-corrected chi connectivity index (χ0v) is 16.0. The summed E-state index contributed by atoms with van der Waals surface area (Å²) in [4.78, 5) is 12.2. The Hall–Kier alpha value is -1.44. The lowest BCUT2D eigenvalue weighted by Gasteiger charge is -2.32. The number of rotatable bonds is 7. The molecule has 7 heteroatoms. The minimum Gasteiger partial charge on any atom is -0.381 e. The maximum Gasteiger partial charge on any atom is 0.251 e.